The number of rotatable bonds is 11. The van der Waals surface area contributed by atoms with Crippen LogP contribution in [0.5, 0.6) is 11.5 Å². The van der Waals surface area contributed by atoms with Gasteiger partial charge in [-0.2, -0.15) is 4.31 Å². The van der Waals surface area contributed by atoms with Crippen LogP contribution < -0.4 is 9.47 Å². The van der Waals surface area contributed by atoms with Crippen molar-refractivity contribution in [2.24, 2.45) is 0 Å². The Morgan fingerprint density at radius 1 is 1.00 bits per heavy atom. The second-order valence-electron chi connectivity index (χ2n) is 8.35. The minimum atomic E-state index is -3.63. The van der Waals surface area contributed by atoms with Gasteiger partial charge in [0, 0.05) is 13.6 Å². The molecule has 0 fully saturated rings. The van der Waals surface area contributed by atoms with Gasteiger partial charge in [0.15, 0.2) is 11.5 Å². The summed E-state index contributed by atoms with van der Waals surface area (Å²) in [5.41, 5.74) is 2.84. The number of fused-ring (bicyclic) bond motifs is 1. The van der Waals surface area contributed by atoms with Crippen LogP contribution in [-0.4, -0.2) is 43.0 Å². The van der Waals surface area contributed by atoms with Gasteiger partial charge in [-0.1, -0.05) is 48.6 Å². The summed E-state index contributed by atoms with van der Waals surface area (Å²) in [5, 5.41) is 0. The van der Waals surface area contributed by atoms with Crippen molar-refractivity contribution in [3.8, 4) is 11.5 Å². The molecule has 4 aromatic rings. The van der Waals surface area contributed by atoms with Crippen molar-refractivity contribution >= 4 is 27.1 Å². The number of aromatic nitrogens is 2. The SMILES string of the molecule is C/C=C\c1ccc(OCCCn2c(CN(C)S(=O)(=O)c3ccccc3)nc3ccccc32)c(OC)c1. The van der Waals surface area contributed by atoms with Gasteiger partial charge >= 0.3 is 0 Å². The molecule has 0 unspecified atom stereocenters. The number of benzene rings is 3. The molecule has 4 rings (SSSR count). The number of ether oxygens (including phenoxy) is 2. The Balaban J connectivity index is 1.49. The van der Waals surface area contributed by atoms with Crippen LogP contribution in [0.15, 0.2) is 83.8 Å². The minimum absolute atomic E-state index is 0.160. The predicted molar refractivity (Wildman–Crippen MR) is 143 cm³/mol. The molecule has 0 amide bonds. The first-order chi connectivity index (χ1) is 17.4. The Hall–Kier alpha value is -3.62. The van der Waals surface area contributed by atoms with E-state index in [0.717, 1.165) is 16.6 Å². The fourth-order valence-corrected chi connectivity index (χ4v) is 5.20. The third kappa shape index (κ3) is 5.61. The van der Waals surface area contributed by atoms with Crippen LogP contribution in [0.25, 0.3) is 17.1 Å². The number of imidazole rings is 1. The van der Waals surface area contributed by atoms with E-state index in [1.165, 1.54) is 4.31 Å². The zero-order valence-electron chi connectivity index (χ0n) is 20.8. The van der Waals surface area contributed by atoms with Crippen molar-refractivity contribution in [1.82, 2.24) is 13.9 Å². The second-order valence-corrected chi connectivity index (χ2v) is 10.4. The van der Waals surface area contributed by atoms with Crippen LogP contribution in [0.2, 0.25) is 0 Å². The number of methoxy groups -OCH3 is 1. The van der Waals surface area contributed by atoms with E-state index < -0.39 is 10.0 Å². The van der Waals surface area contributed by atoms with Crippen molar-refractivity contribution in [3.63, 3.8) is 0 Å². The number of para-hydroxylation sites is 2. The first-order valence-electron chi connectivity index (χ1n) is 11.8. The fraction of sp³-hybridized carbons (Fsp3) is 0.250. The molecule has 188 valence electrons. The summed E-state index contributed by atoms with van der Waals surface area (Å²) >= 11 is 0. The average Bonchev–Trinajstić information content (AvgIpc) is 3.24. The van der Waals surface area contributed by atoms with Gasteiger partial charge in [0.1, 0.15) is 5.82 Å². The highest BCUT2D eigenvalue weighted by molar-refractivity contribution is 7.89. The largest absolute Gasteiger partial charge is 0.493 e. The van der Waals surface area contributed by atoms with Crippen LogP contribution in [-0.2, 0) is 23.1 Å². The Kier molecular flexibility index (Phi) is 8.07. The second kappa shape index (κ2) is 11.4. The maximum absolute atomic E-state index is 13.1. The summed E-state index contributed by atoms with van der Waals surface area (Å²) in [5.74, 6) is 2.06. The van der Waals surface area contributed by atoms with Crippen LogP contribution in [0.3, 0.4) is 0 Å². The van der Waals surface area contributed by atoms with Gasteiger partial charge in [0.25, 0.3) is 0 Å². The molecule has 0 atom stereocenters. The normalized spacial score (nSPS) is 12.0. The molecule has 1 heterocycles. The summed E-state index contributed by atoms with van der Waals surface area (Å²) in [6, 6.07) is 22.1. The van der Waals surface area contributed by atoms with Gasteiger partial charge in [-0.3, -0.25) is 0 Å². The number of sulfonamides is 1. The monoisotopic (exact) mass is 505 g/mol. The molecule has 0 saturated heterocycles. The van der Waals surface area contributed by atoms with E-state index >= 15 is 0 Å². The standard InChI is InChI=1S/C28H31N3O4S/c1-4-11-22-16-17-26(27(20-22)34-3)35-19-10-18-31-25-15-9-8-14-24(25)29-28(31)21-30(2)36(32,33)23-12-6-5-7-13-23/h4-9,11-17,20H,10,18-19,21H2,1-3H3/b11-4-. The van der Waals surface area contributed by atoms with Gasteiger partial charge in [0.2, 0.25) is 10.0 Å². The maximum Gasteiger partial charge on any atom is 0.243 e. The molecule has 0 aliphatic rings. The highest BCUT2D eigenvalue weighted by atomic mass is 32.2. The van der Waals surface area contributed by atoms with E-state index in [-0.39, 0.29) is 11.4 Å². The number of aryl methyl sites for hydroxylation is 1. The lowest BCUT2D eigenvalue weighted by atomic mass is 10.2. The van der Waals surface area contributed by atoms with Gasteiger partial charge in [-0.05, 0) is 55.3 Å². The van der Waals surface area contributed by atoms with E-state index in [1.807, 2.05) is 61.5 Å². The molecule has 0 radical (unpaired) electrons. The lowest BCUT2D eigenvalue weighted by Gasteiger charge is -2.18. The van der Waals surface area contributed by atoms with Crippen LogP contribution in [0, 0.1) is 0 Å². The summed E-state index contributed by atoms with van der Waals surface area (Å²) in [6.45, 7) is 3.24. The zero-order chi connectivity index (χ0) is 25.5. The summed E-state index contributed by atoms with van der Waals surface area (Å²) in [4.78, 5) is 5.00. The summed E-state index contributed by atoms with van der Waals surface area (Å²) < 4.78 is 41.0. The molecule has 0 aliphatic carbocycles. The van der Waals surface area contributed by atoms with E-state index in [1.54, 1.807) is 44.5 Å². The lowest BCUT2D eigenvalue weighted by molar-refractivity contribution is 0.282. The molecule has 0 N–H and O–H groups in total. The first-order valence-corrected chi connectivity index (χ1v) is 13.3. The van der Waals surface area contributed by atoms with Crippen LogP contribution >= 0.6 is 0 Å². The molecular weight excluding hydrogens is 474 g/mol. The number of hydrogen-bond donors (Lipinski definition) is 0. The van der Waals surface area contributed by atoms with Gasteiger partial charge in [-0.15, -0.1) is 0 Å². The summed E-state index contributed by atoms with van der Waals surface area (Å²) in [6.07, 6.45) is 4.69. The molecule has 3 aromatic carbocycles. The van der Waals surface area contributed by atoms with Crippen LogP contribution in [0.1, 0.15) is 24.7 Å². The molecule has 0 spiro atoms. The molecule has 7 nitrogen and oxygen atoms in total. The molecular formula is C28H31N3O4S. The van der Waals surface area contributed by atoms with E-state index in [0.29, 0.717) is 36.9 Å². The van der Waals surface area contributed by atoms with Crippen molar-refractivity contribution < 1.29 is 17.9 Å². The lowest BCUT2D eigenvalue weighted by Crippen LogP contribution is -2.28. The Morgan fingerprint density at radius 2 is 1.75 bits per heavy atom. The third-order valence-electron chi connectivity index (χ3n) is 5.88. The maximum atomic E-state index is 13.1. The molecule has 8 heteroatoms. The fourth-order valence-electron chi connectivity index (χ4n) is 4.06. The topological polar surface area (TPSA) is 73.7 Å². The third-order valence-corrected chi connectivity index (χ3v) is 7.70. The zero-order valence-corrected chi connectivity index (χ0v) is 21.6. The van der Waals surface area contributed by atoms with Crippen molar-refractivity contribution in [1.29, 1.82) is 0 Å². The smallest absolute Gasteiger partial charge is 0.243 e. The van der Waals surface area contributed by atoms with Gasteiger partial charge < -0.3 is 14.0 Å². The Morgan fingerprint density at radius 3 is 2.50 bits per heavy atom. The van der Waals surface area contributed by atoms with Crippen molar-refractivity contribution in [2.75, 3.05) is 20.8 Å². The highest BCUT2D eigenvalue weighted by Gasteiger charge is 2.23. The van der Waals surface area contributed by atoms with Gasteiger partial charge in [-0.25, -0.2) is 13.4 Å². The van der Waals surface area contributed by atoms with Crippen LogP contribution in [0.4, 0.5) is 0 Å². The molecule has 0 aliphatic heterocycles. The number of allylic oxidation sites excluding steroid dienone is 1. The predicted octanol–water partition coefficient (Wildman–Crippen LogP) is 5.37. The molecule has 0 saturated carbocycles. The number of nitrogens with zero attached hydrogens (tertiary/aromatic N) is 3. The quantitative estimate of drug-likeness (QED) is 0.256. The highest BCUT2D eigenvalue weighted by Crippen LogP contribution is 2.29. The van der Waals surface area contributed by atoms with E-state index in [4.69, 9.17) is 14.5 Å². The van der Waals surface area contributed by atoms with E-state index in [9.17, 15) is 8.42 Å². The van der Waals surface area contributed by atoms with E-state index in [2.05, 4.69) is 4.57 Å². The Labute approximate surface area is 212 Å². The molecule has 0 bridgehead atoms. The Bertz CT molecular complexity index is 1450. The first kappa shape index (κ1) is 25.5. The van der Waals surface area contributed by atoms with Crippen molar-refractivity contribution in [3.05, 3.63) is 90.3 Å². The molecule has 1 aromatic heterocycles. The van der Waals surface area contributed by atoms with Gasteiger partial charge in [0.05, 0.1) is 36.2 Å². The molecule has 36 heavy (non-hydrogen) atoms. The minimum Gasteiger partial charge on any atom is -0.493 e. The number of hydrogen-bond acceptors (Lipinski definition) is 5. The average molecular weight is 506 g/mol. The van der Waals surface area contributed by atoms with Crippen molar-refractivity contribution in [2.45, 2.75) is 31.3 Å². The summed E-state index contributed by atoms with van der Waals surface area (Å²) in [7, 11) is -0.419.